The van der Waals surface area contributed by atoms with E-state index in [9.17, 15) is 19.2 Å². The van der Waals surface area contributed by atoms with Gasteiger partial charge in [0, 0.05) is 73.0 Å². The molecular weight excluding hydrogens is 570 g/mol. The van der Waals surface area contributed by atoms with Crippen LogP contribution in [-0.2, 0) is 42.9 Å². The number of rotatable bonds is 25. The molecule has 0 heterocycles. The van der Waals surface area contributed by atoms with E-state index < -0.39 is 22.8 Å². The molecule has 0 aromatic rings. The number of carbonyl (C=O) groups is 4. The summed E-state index contributed by atoms with van der Waals surface area (Å²) in [5.74, 6) is -1.35. The van der Waals surface area contributed by atoms with Gasteiger partial charge in [0.1, 0.15) is 11.6 Å². The Morgan fingerprint density at radius 3 is 1.66 bits per heavy atom. The highest BCUT2D eigenvalue weighted by Gasteiger charge is 2.25. The summed E-state index contributed by atoms with van der Waals surface area (Å²) in [5, 5.41) is 8.50. The number of methoxy groups -OCH3 is 2. The van der Waals surface area contributed by atoms with Crippen molar-refractivity contribution in [3.8, 4) is 0 Å². The van der Waals surface area contributed by atoms with E-state index in [-0.39, 0.29) is 55.8 Å². The number of esters is 1. The molecule has 0 fully saturated rings. The van der Waals surface area contributed by atoms with Gasteiger partial charge in [0.15, 0.2) is 0 Å². The number of hydrogen-bond donors (Lipinski definition) is 3. The van der Waals surface area contributed by atoms with Gasteiger partial charge in [-0.1, -0.05) is 0 Å². The Hall–Kier alpha value is -2.28. The fraction of sp³-hybridized carbons (Fsp3) is 0.875. The molecule has 3 N–H and O–H groups in total. The zero-order valence-electron chi connectivity index (χ0n) is 28.9. The average molecular weight is 632 g/mol. The Balaban J connectivity index is 4.94. The quantitative estimate of drug-likeness (QED) is 0.102. The maximum atomic E-state index is 13.1. The number of ether oxygens (including phenoxy) is 5. The Morgan fingerprint density at radius 1 is 0.636 bits per heavy atom. The van der Waals surface area contributed by atoms with Crippen LogP contribution in [0.25, 0.3) is 0 Å². The summed E-state index contributed by atoms with van der Waals surface area (Å²) >= 11 is 0. The second-order valence-electron chi connectivity index (χ2n) is 13.1. The summed E-state index contributed by atoms with van der Waals surface area (Å²) in [4.78, 5) is 50.4. The van der Waals surface area contributed by atoms with Gasteiger partial charge in [0.25, 0.3) is 0 Å². The Morgan fingerprint density at radius 2 is 1.16 bits per heavy atom. The van der Waals surface area contributed by atoms with Gasteiger partial charge in [-0.05, 0) is 87.0 Å². The molecule has 1 unspecified atom stereocenters. The smallest absolute Gasteiger partial charge is 0.306 e. The van der Waals surface area contributed by atoms with E-state index in [1.165, 1.54) is 0 Å². The molecular formula is C32H61N3O9. The second-order valence-corrected chi connectivity index (χ2v) is 13.1. The topological polar surface area (TPSA) is 151 Å². The number of hydrogen-bond acceptors (Lipinski definition) is 9. The highest BCUT2D eigenvalue weighted by molar-refractivity contribution is 5.88. The predicted octanol–water partition coefficient (Wildman–Crippen LogP) is 3.44. The van der Waals surface area contributed by atoms with Gasteiger partial charge in [-0.25, -0.2) is 0 Å². The summed E-state index contributed by atoms with van der Waals surface area (Å²) < 4.78 is 27.1. The van der Waals surface area contributed by atoms with Gasteiger partial charge >= 0.3 is 5.97 Å². The lowest BCUT2D eigenvalue weighted by atomic mass is 10.0. The van der Waals surface area contributed by atoms with Crippen molar-refractivity contribution in [2.45, 2.75) is 129 Å². The van der Waals surface area contributed by atoms with Crippen molar-refractivity contribution < 1.29 is 42.9 Å². The molecule has 0 saturated carbocycles. The zero-order valence-corrected chi connectivity index (χ0v) is 28.9. The van der Waals surface area contributed by atoms with Gasteiger partial charge in [-0.2, -0.15) is 0 Å². The molecule has 0 radical (unpaired) electrons. The van der Waals surface area contributed by atoms with Crippen molar-refractivity contribution in [3.05, 3.63) is 0 Å². The molecule has 0 aromatic carbocycles. The first kappa shape index (κ1) is 41.7. The van der Waals surface area contributed by atoms with Crippen LogP contribution < -0.4 is 16.0 Å². The van der Waals surface area contributed by atoms with Crippen molar-refractivity contribution in [1.29, 1.82) is 0 Å². The molecule has 258 valence electrons. The van der Waals surface area contributed by atoms with Crippen molar-refractivity contribution in [2.75, 3.05) is 53.7 Å². The molecule has 0 aliphatic carbocycles. The van der Waals surface area contributed by atoms with E-state index in [0.29, 0.717) is 52.4 Å². The van der Waals surface area contributed by atoms with Crippen molar-refractivity contribution >= 4 is 23.7 Å². The lowest BCUT2D eigenvalue weighted by Crippen LogP contribution is -2.48. The maximum absolute atomic E-state index is 13.1. The minimum absolute atomic E-state index is 0.0526. The molecule has 0 aliphatic heterocycles. The van der Waals surface area contributed by atoms with E-state index in [4.69, 9.17) is 23.7 Å². The first-order valence-corrected chi connectivity index (χ1v) is 15.8. The average Bonchev–Trinajstić information content (AvgIpc) is 2.90. The monoisotopic (exact) mass is 631 g/mol. The minimum Gasteiger partial charge on any atom is -0.460 e. The molecule has 0 saturated heterocycles. The molecule has 0 aromatic heterocycles. The Bertz CT molecular complexity index is 841. The van der Waals surface area contributed by atoms with Crippen LogP contribution in [0.5, 0.6) is 0 Å². The molecule has 0 rings (SSSR count). The normalized spacial score (nSPS) is 12.8. The summed E-state index contributed by atoms with van der Waals surface area (Å²) in [6, 6.07) is -0.902. The highest BCUT2D eigenvalue weighted by atomic mass is 16.6. The first-order valence-electron chi connectivity index (χ1n) is 15.8. The fourth-order valence-corrected chi connectivity index (χ4v) is 4.05. The summed E-state index contributed by atoms with van der Waals surface area (Å²) in [6.45, 7) is 16.3. The van der Waals surface area contributed by atoms with Crippen LogP contribution in [0.15, 0.2) is 0 Å². The molecule has 1 atom stereocenters. The second kappa shape index (κ2) is 22.3. The van der Waals surface area contributed by atoms with E-state index in [0.717, 1.165) is 12.8 Å². The molecule has 12 nitrogen and oxygen atoms in total. The highest BCUT2D eigenvalue weighted by Crippen LogP contribution is 2.15. The van der Waals surface area contributed by atoms with Crippen molar-refractivity contribution in [1.82, 2.24) is 16.0 Å². The van der Waals surface area contributed by atoms with Crippen molar-refractivity contribution in [2.24, 2.45) is 0 Å². The molecule has 0 spiro atoms. The Kier molecular flexibility index (Phi) is 21.1. The standard InChI is InChI=1S/C32H61N3O9/c1-30(2,3)44-28(38)14-10-13-27(37)35-25(29(39)34-20-18-32(6,7)43-24-12-22-41-9)15-16-26(36)33-19-17-31(4,5)42-23-11-21-40-8/h25H,10-24H2,1-9H3,(H,33,36)(H,34,39)(H,35,37). The summed E-state index contributed by atoms with van der Waals surface area (Å²) in [6.07, 6.45) is 3.36. The van der Waals surface area contributed by atoms with Crippen molar-refractivity contribution in [3.63, 3.8) is 0 Å². The molecule has 0 bridgehead atoms. The molecule has 0 aliphatic rings. The summed E-state index contributed by atoms with van der Waals surface area (Å²) in [5.41, 5.74) is -1.46. The number of carbonyl (C=O) groups excluding carboxylic acids is 4. The van der Waals surface area contributed by atoms with E-state index in [2.05, 4.69) is 16.0 Å². The largest absolute Gasteiger partial charge is 0.460 e. The van der Waals surface area contributed by atoms with Gasteiger partial charge < -0.3 is 39.6 Å². The molecule has 3 amide bonds. The summed E-state index contributed by atoms with van der Waals surface area (Å²) in [7, 11) is 3.29. The number of amides is 3. The van der Waals surface area contributed by atoms with Crippen LogP contribution in [0, 0.1) is 0 Å². The Labute approximate surface area is 265 Å². The van der Waals surface area contributed by atoms with Crippen LogP contribution in [0.4, 0.5) is 0 Å². The van der Waals surface area contributed by atoms with Gasteiger partial charge in [-0.3, -0.25) is 19.2 Å². The first-order chi connectivity index (χ1) is 20.5. The van der Waals surface area contributed by atoms with E-state index in [1.54, 1.807) is 35.0 Å². The van der Waals surface area contributed by atoms with Gasteiger partial charge in [0.05, 0.1) is 11.2 Å². The lowest BCUT2D eigenvalue weighted by molar-refractivity contribution is -0.155. The third kappa shape index (κ3) is 24.1. The van der Waals surface area contributed by atoms with E-state index in [1.807, 2.05) is 27.7 Å². The van der Waals surface area contributed by atoms with E-state index >= 15 is 0 Å². The van der Waals surface area contributed by atoms with Crippen LogP contribution in [0.1, 0.15) is 106 Å². The fourth-order valence-electron chi connectivity index (χ4n) is 4.05. The number of nitrogens with one attached hydrogen (secondary N) is 3. The van der Waals surface area contributed by atoms with Gasteiger partial charge in [-0.15, -0.1) is 0 Å². The molecule has 12 heteroatoms. The molecule has 44 heavy (non-hydrogen) atoms. The van der Waals surface area contributed by atoms with Crippen LogP contribution in [0.2, 0.25) is 0 Å². The maximum Gasteiger partial charge on any atom is 0.306 e. The third-order valence-electron chi connectivity index (χ3n) is 6.56. The predicted molar refractivity (Wildman–Crippen MR) is 169 cm³/mol. The minimum atomic E-state index is -0.902. The van der Waals surface area contributed by atoms with Crippen LogP contribution >= 0.6 is 0 Å². The van der Waals surface area contributed by atoms with Gasteiger partial charge in [0.2, 0.25) is 17.7 Å². The lowest BCUT2D eigenvalue weighted by Gasteiger charge is -2.26. The van der Waals surface area contributed by atoms with Crippen LogP contribution in [0.3, 0.4) is 0 Å². The SMILES string of the molecule is COCCCOC(C)(C)CCNC(=O)CCC(NC(=O)CCCC(=O)OC(C)(C)C)C(=O)NCCC(C)(C)OCCCOC. The zero-order chi connectivity index (χ0) is 33.7. The third-order valence-corrected chi connectivity index (χ3v) is 6.56. The van der Waals surface area contributed by atoms with Crippen LogP contribution in [-0.4, -0.2) is 100 Å².